The van der Waals surface area contributed by atoms with Gasteiger partial charge in [0, 0.05) is 0 Å². The van der Waals surface area contributed by atoms with Gasteiger partial charge in [0.15, 0.2) is 5.82 Å². The molecule has 0 aliphatic heterocycles. The molecule has 1 heterocycles. The van der Waals surface area contributed by atoms with E-state index in [9.17, 15) is 0 Å². The maximum atomic E-state index is 9.10. The molecule has 0 amide bonds. The molecule has 1 N–H and O–H groups in total. The maximum absolute atomic E-state index is 9.10. The van der Waals surface area contributed by atoms with E-state index in [1.54, 1.807) is 16.7 Å². The van der Waals surface area contributed by atoms with Crippen molar-refractivity contribution in [3.05, 3.63) is 41.5 Å². The highest BCUT2D eigenvalue weighted by Gasteiger charge is 2.08. The first-order valence-electron chi connectivity index (χ1n) is 4.77. The molecular formula is C11H10N4O. The minimum absolute atomic E-state index is 0.184. The van der Waals surface area contributed by atoms with Crippen LogP contribution in [0.1, 0.15) is 17.0 Å². The average molecular weight is 214 g/mol. The van der Waals surface area contributed by atoms with E-state index in [4.69, 9.17) is 10.4 Å². The smallest absolute Gasteiger partial charge is 0.163 e. The Bertz CT molecular complexity index is 553. The number of aliphatic hydroxyl groups is 1. The summed E-state index contributed by atoms with van der Waals surface area (Å²) in [6, 6.07) is 7.43. The van der Waals surface area contributed by atoms with Crippen LogP contribution in [0.2, 0.25) is 0 Å². The predicted molar refractivity (Wildman–Crippen MR) is 56.7 cm³/mol. The first-order valence-corrected chi connectivity index (χ1v) is 4.77. The van der Waals surface area contributed by atoms with Crippen LogP contribution in [0.5, 0.6) is 0 Å². The molecular weight excluding hydrogens is 204 g/mol. The van der Waals surface area contributed by atoms with E-state index in [-0.39, 0.29) is 6.61 Å². The van der Waals surface area contributed by atoms with Gasteiger partial charge in [-0.05, 0) is 24.6 Å². The van der Waals surface area contributed by atoms with Crippen LogP contribution in [0.3, 0.4) is 0 Å². The lowest BCUT2D eigenvalue weighted by Gasteiger charge is -2.08. The topological polar surface area (TPSA) is 74.7 Å². The third-order valence-corrected chi connectivity index (χ3v) is 2.36. The molecule has 2 rings (SSSR count). The lowest BCUT2D eigenvalue weighted by Crippen LogP contribution is -2.02. The largest absolute Gasteiger partial charge is 0.388 e. The van der Waals surface area contributed by atoms with Gasteiger partial charge in [0.1, 0.15) is 12.9 Å². The molecule has 0 aliphatic carbocycles. The SMILES string of the molecule is Cc1ccc(C#N)cc1-n1cnnc1CO. The van der Waals surface area contributed by atoms with Gasteiger partial charge in [0.25, 0.3) is 0 Å². The Morgan fingerprint density at radius 3 is 3.00 bits per heavy atom. The number of aryl methyl sites for hydroxylation is 1. The fourth-order valence-corrected chi connectivity index (χ4v) is 1.51. The van der Waals surface area contributed by atoms with Crippen molar-refractivity contribution in [3.8, 4) is 11.8 Å². The fourth-order valence-electron chi connectivity index (χ4n) is 1.51. The van der Waals surface area contributed by atoms with Crippen molar-refractivity contribution in [2.24, 2.45) is 0 Å². The van der Waals surface area contributed by atoms with E-state index in [1.165, 1.54) is 6.33 Å². The molecule has 5 nitrogen and oxygen atoms in total. The molecule has 1 aromatic carbocycles. The molecule has 0 radical (unpaired) electrons. The summed E-state index contributed by atoms with van der Waals surface area (Å²) in [6.07, 6.45) is 1.52. The second-order valence-electron chi connectivity index (χ2n) is 3.39. The third kappa shape index (κ3) is 1.66. The monoisotopic (exact) mass is 214 g/mol. The van der Waals surface area contributed by atoms with E-state index in [0.717, 1.165) is 11.3 Å². The number of benzene rings is 1. The molecule has 1 aromatic heterocycles. The summed E-state index contributed by atoms with van der Waals surface area (Å²) in [5.74, 6) is 0.457. The molecule has 0 spiro atoms. The van der Waals surface area contributed by atoms with Crippen LogP contribution in [0, 0.1) is 18.3 Å². The van der Waals surface area contributed by atoms with Crippen molar-refractivity contribution >= 4 is 0 Å². The number of nitriles is 1. The number of aliphatic hydroxyl groups excluding tert-OH is 1. The van der Waals surface area contributed by atoms with Crippen molar-refractivity contribution in [2.45, 2.75) is 13.5 Å². The quantitative estimate of drug-likeness (QED) is 0.807. The van der Waals surface area contributed by atoms with Gasteiger partial charge in [-0.3, -0.25) is 4.57 Å². The van der Waals surface area contributed by atoms with Crippen molar-refractivity contribution in [1.29, 1.82) is 5.26 Å². The minimum Gasteiger partial charge on any atom is -0.388 e. The Morgan fingerprint density at radius 1 is 1.50 bits per heavy atom. The van der Waals surface area contributed by atoms with Crippen LogP contribution in [0.25, 0.3) is 5.69 Å². The first kappa shape index (κ1) is 10.3. The molecule has 5 heteroatoms. The lowest BCUT2D eigenvalue weighted by atomic mass is 10.1. The predicted octanol–water partition coefficient (Wildman–Crippen LogP) is 0.940. The molecule has 0 saturated heterocycles. The number of nitrogens with zero attached hydrogens (tertiary/aromatic N) is 4. The lowest BCUT2D eigenvalue weighted by molar-refractivity contribution is 0.269. The molecule has 0 unspecified atom stereocenters. The van der Waals surface area contributed by atoms with Gasteiger partial charge in [-0.1, -0.05) is 6.07 Å². The summed E-state index contributed by atoms with van der Waals surface area (Å²) in [5, 5.41) is 25.5. The summed E-state index contributed by atoms with van der Waals surface area (Å²) in [5.41, 5.74) is 2.37. The number of hydrogen-bond donors (Lipinski definition) is 1. The molecule has 0 bridgehead atoms. The molecule has 0 atom stereocenters. The second-order valence-corrected chi connectivity index (χ2v) is 3.39. The summed E-state index contributed by atoms with van der Waals surface area (Å²) in [7, 11) is 0. The number of hydrogen-bond acceptors (Lipinski definition) is 4. The molecule has 0 saturated carbocycles. The highest BCUT2D eigenvalue weighted by atomic mass is 16.3. The van der Waals surface area contributed by atoms with Gasteiger partial charge in [0.05, 0.1) is 17.3 Å². The van der Waals surface area contributed by atoms with E-state index in [0.29, 0.717) is 11.4 Å². The van der Waals surface area contributed by atoms with Crippen LogP contribution >= 0.6 is 0 Å². The van der Waals surface area contributed by atoms with Crippen molar-refractivity contribution in [2.75, 3.05) is 0 Å². The zero-order valence-electron chi connectivity index (χ0n) is 8.75. The molecule has 2 aromatic rings. The Labute approximate surface area is 92.6 Å². The molecule has 80 valence electrons. The number of rotatable bonds is 2. The van der Waals surface area contributed by atoms with Gasteiger partial charge in [-0.25, -0.2) is 0 Å². The van der Waals surface area contributed by atoms with Gasteiger partial charge in [0.2, 0.25) is 0 Å². The summed E-state index contributed by atoms with van der Waals surface area (Å²) in [4.78, 5) is 0. The van der Waals surface area contributed by atoms with E-state index >= 15 is 0 Å². The van der Waals surface area contributed by atoms with Gasteiger partial charge >= 0.3 is 0 Å². The Kier molecular flexibility index (Phi) is 2.66. The zero-order chi connectivity index (χ0) is 11.5. The zero-order valence-corrected chi connectivity index (χ0v) is 8.75. The summed E-state index contributed by atoms with van der Waals surface area (Å²) >= 11 is 0. The van der Waals surface area contributed by atoms with E-state index in [1.807, 2.05) is 13.0 Å². The maximum Gasteiger partial charge on any atom is 0.163 e. The molecule has 0 fully saturated rings. The van der Waals surface area contributed by atoms with Crippen LogP contribution < -0.4 is 0 Å². The van der Waals surface area contributed by atoms with Gasteiger partial charge in [-0.15, -0.1) is 10.2 Å². The first-order chi connectivity index (χ1) is 7.76. The van der Waals surface area contributed by atoms with Crippen LogP contribution in [-0.4, -0.2) is 19.9 Å². The van der Waals surface area contributed by atoms with Crippen molar-refractivity contribution in [3.63, 3.8) is 0 Å². The third-order valence-electron chi connectivity index (χ3n) is 2.36. The van der Waals surface area contributed by atoms with E-state index in [2.05, 4.69) is 16.3 Å². The van der Waals surface area contributed by atoms with Crippen LogP contribution in [0.15, 0.2) is 24.5 Å². The Hall–Kier alpha value is -2.19. The Morgan fingerprint density at radius 2 is 2.31 bits per heavy atom. The second kappa shape index (κ2) is 4.13. The van der Waals surface area contributed by atoms with Crippen molar-refractivity contribution < 1.29 is 5.11 Å². The summed E-state index contributed by atoms with van der Waals surface area (Å²) in [6.45, 7) is 1.74. The molecule has 0 aliphatic rings. The number of aromatic nitrogens is 3. The standard InChI is InChI=1S/C11H10N4O/c1-8-2-3-9(5-12)4-10(8)15-7-13-14-11(15)6-16/h2-4,7,16H,6H2,1H3. The van der Waals surface area contributed by atoms with Crippen LogP contribution in [0.4, 0.5) is 0 Å². The summed E-state index contributed by atoms with van der Waals surface area (Å²) < 4.78 is 1.68. The van der Waals surface area contributed by atoms with Gasteiger partial charge in [-0.2, -0.15) is 5.26 Å². The normalized spacial score (nSPS) is 10.1. The van der Waals surface area contributed by atoms with E-state index < -0.39 is 0 Å². The minimum atomic E-state index is -0.184. The van der Waals surface area contributed by atoms with Crippen LogP contribution in [-0.2, 0) is 6.61 Å². The highest BCUT2D eigenvalue weighted by molar-refractivity contribution is 5.47. The molecule has 16 heavy (non-hydrogen) atoms. The fraction of sp³-hybridized carbons (Fsp3) is 0.182. The van der Waals surface area contributed by atoms with Crippen molar-refractivity contribution in [1.82, 2.24) is 14.8 Å². The van der Waals surface area contributed by atoms with Gasteiger partial charge < -0.3 is 5.11 Å². The Balaban J connectivity index is 2.60. The average Bonchev–Trinajstić information content (AvgIpc) is 2.77. The highest BCUT2D eigenvalue weighted by Crippen LogP contribution is 2.16.